The monoisotopic (exact) mass is 541 g/mol. The van der Waals surface area contributed by atoms with Crippen molar-refractivity contribution in [2.45, 2.75) is 44.5 Å². The molecule has 5 N–H and O–H groups in total. The van der Waals surface area contributed by atoms with Crippen molar-refractivity contribution in [2.24, 2.45) is 5.73 Å². The van der Waals surface area contributed by atoms with Crippen LogP contribution in [0.5, 0.6) is 5.75 Å². The molecule has 1 fully saturated rings. The highest BCUT2D eigenvalue weighted by Gasteiger charge is 2.36. The number of nitrogens with one attached hydrogen (secondary N) is 2. The van der Waals surface area contributed by atoms with E-state index in [2.05, 4.69) is 0 Å². The topological polar surface area (TPSA) is 161 Å². The molecule has 11 heteroatoms. The maximum Gasteiger partial charge on any atom is 0.323 e. The van der Waals surface area contributed by atoms with E-state index in [1.165, 1.54) is 6.92 Å². The molecule has 0 aromatic heterocycles. The summed E-state index contributed by atoms with van der Waals surface area (Å²) in [6.07, 6.45) is 4.83. The molecule has 38 heavy (non-hydrogen) atoms. The highest BCUT2D eigenvalue weighted by atomic mass is 32.2. The van der Waals surface area contributed by atoms with Gasteiger partial charge < -0.3 is 20.5 Å². The average Bonchev–Trinajstić information content (AvgIpc) is 2.87. The molecule has 0 spiro atoms. The van der Waals surface area contributed by atoms with Crippen molar-refractivity contribution in [3.8, 4) is 5.75 Å². The minimum atomic E-state index is -4.23. The SMILES string of the molecule is CCC(C(=O)O)S(=O)(=O)N(CC=Cc1cccc(C(=N)N)c1)c1ccc(OC2CCN(C(C)=N)CC2)cc1. The number of amidine groups is 2. The first-order valence-corrected chi connectivity index (χ1v) is 14.0. The first-order valence-electron chi connectivity index (χ1n) is 12.4. The number of ether oxygens (including phenoxy) is 1. The van der Waals surface area contributed by atoms with Crippen molar-refractivity contribution < 1.29 is 23.1 Å². The summed E-state index contributed by atoms with van der Waals surface area (Å²) in [5.74, 6) is -0.337. The van der Waals surface area contributed by atoms with Crippen LogP contribution >= 0.6 is 0 Å². The van der Waals surface area contributed by atoms with Crippen molar-refractivity contribution in [1.29, 1.82) is 10.8 Å². The van der Waals surface area contributed by atoms with Gasteiger partial charge in [0.1, 0.15) is 17.7 Å². The van der Waals surface area contributed by atoms with E-state index in [4.69, 9.17) is 21.3 Å². The Morgan fingerprint density at radius 2 is 1.87 bits per heavy atom. The third-order valence-corrected chi connectivity index (χ3v) is 8.66. The summed E-state index contributed by atoms with van der Waals surface area (Å²) < 4.78 is 34.0. The summed E-state index contributed by atoms with van der Waals surface area (Å²) in [4.78, 5) is 13.8. The fraction of sp³-hybridized carbons (Fsp3) is 0.370. The quantitative estimate of drug-likeness (QED) is 0.250. The second kappa shape index (κ2) is 12.6. The Morgan fingerprint density at radius 1 is 1.21 bits per heavy atom. The van der Waals surface area contributed by atoms with Crippen molar-refractivity contribution in [3.63, 3.8) is 0 Å². The van der Waals surface area contributed by atoms with Gasteiger partial charge in [0.25, 0.3) is 0 Å². The number of benzene rings is 2. The molecule has 204 valence electrons. The molecular formula is C27H35N5O5S. The Balaban J connectivity index is 1.81. The van der Waals surface area contributed by atoms with Gasteiger partial charge in [-0.25, -0.2) is 8.42 Å². The van der Waals surface area contributed by atoms with Crippen molar-refractivity contribution in [1.82, 2.24) is 4.90 Å². The number of aliphatic carboxylic acids is 1. The minimum Gasteiger partial charge on any atom is -0.490 e. The maximum atomic E-state index is 13.4. The lowest BCUT2D eigenvalue weighted by molar-refractivity contribution is -0.136. The van der Waals surface area contributed by atoms with Crippen molar-refractivity contribution >= 4 is 39.4 Å². The van der Waals surface area contributed by atoms with Crippen LogP contribution in [0, 0.1) is 10.8 Å². The van der Waals surface area contributed by atoms with E-state index in [0.717, 1.165) is 35.8 Å². The predicted molar refractivity (Wildman–Crippen MR) is 150 cm³/mol. The van der Waals surface area contributed by atoms with E-state index in [1.54, 1.807) is 67.6 Å². The molecule has 10 nitrogen and oxygen atoms in total. The summed E-state index contributed by atoms with van der Waals surface area (Å²) in [7, 11) is -4.23. The number of nitrogens with zero attached hydrogens (tertiary/aromatic N) is 2. The Kier molecular flexibility index (Phi) is 9.51. The van der Waals surface area contributed by atoms with Crippen LogP contribution < -0.4 is 14.8 Å². The van der Waals surface area contributed by atoms with E-state index in [9.17, 15) is 18.3 Å². The Hall–Kier alpha value is -3.86. The molecule has 1 aliphatic heterocycles. The molecule has 0 bridgehead atoms. The Labute approximate surface area is 223 Å². The number of hydrogen-bond donors (Lipinski definition) is 4. The number of nitrogen functional groups attached to an aromatic ring is 1. The van der Waals surface area contributed by atoms with Gasteiger partial charge in [0, 0.05) is 31.5 Å². The zero-order chi connectivity index (χ0) is 27.9. The highest BCUT2D eigenvalue weighted by Crippen LogP contribution is 2.27. The molecule has 0 radical (unpaired) electrons. The molecule has 2 aromatic carbocycles. The third-order valence-electron chi connectivity index (χ3n) is 6.44. The summed E-state index contributed by atoms with van der Waals surface area (Å²) >= 11 is 0. The number of rotatable bonds is 11. The van der Waals surface area contributed by atoms with Crippen LogP contribution in [-0.4, -0.2) is 67.1 Å². The molecule has 1 aliphatic rings. The van der Waals surface area contributed by atoms with E-state index in [1.807, 2.05) is 4.90 Å². The van der Waals surface area contributed by atoms with E-state index >= 15 is 0 Å². The Bertz CT molecular complexity index is 1290. The number of nitrogens with two attached hydrogens (primary N) is 1. The summed E-state index contributed by atoms with van der Waals surface area (Å²) in [5, 5.41) is 23.3. The standard InChI is InChI=1S/C27H35N5O5S/c1-3-25(27(33)34)38(35,36)32(15-5-7-20-6-4-8-21(18-20)26(29)30)22-9-11-23(12-10-22)37-24-13-16-31(17-14-24)19(2)28/h4-12,18,24-25,28H,3,13-17H2,1-2H3,(H3,29,30)(H,33,34). The minimum absolute atomic E-state index is 0.00136. The van der Waals surface area contributed by atoms with Gasteiger partial charge >= 0.3 is 5.97 Å². The molecule has 3 rings (SSSR count). The van der Waals surface area contributed by atoms with Gasteiger partial charge in [0.2, 0.25) is 10.0 Å². The van der Waals surface area contributed by atoms with E-state index in [-0.39, 0.29) is 24.9 Å². The molecule has 1 heterocycles. The van der Waals surface area contributed by atoms with Crippen LogP contribution in [0.15, 0.2) is 54.6 Å². The molecule has 1 atom stereocenters. The zero-order valence-electron chi connectivity index (χ0n) is 21.6. The molecule has 0 amide bonds. The third kappa shape index (κ3) is 7.12. The molecule has 0 saturated carbocycles. The lowest BCUT2D eigenvalue weighted by atomic mass is 10.1. The normalized spacial score (nSPS) is 15.3. The van der Waals surface area contributed by atoms with Crippen LogP contribution in [-0.2, 0) is 14.8 Å². The number of anilines is 1. The van der Waals surface area contributed by atoms with Crippen molar-refractivity contribution in [3.05, 3.63) is 65.7 Å². The molecular weight excluding hydrogens is 506 g/mol. The number of hydrogen-bond acceptors (Lipinski definition) is 6. The summed E-state index contributed by atoms with van der Waals surface area (Å²) in [5.41, 5.74) is 7.16. The van der Waals surface area contributed by atoms with E-state index < -0.39 is 21.2 Å². The Morgan fingerprint density at radius 3 is 2.42 bits per heavy atom. The van der Waals surface area contributed by atoms with Gasteiger partial charge in [-0.05, 0) is 49.2 Å². The summed E-state index contributed by atoms with van der Waals surface area (Å²) in [6.45, 7) is 4.71. The van der Waals surface area contributed by atoms with Gasteiger partial charge in [0.05, 0.1) is 18.1 Å². The van der Waals surface area contributed by atoms with Crippen LogP contribution in [0.2, 0.25) is 0 Å². The number of piperidine rings is 1. The van der Waals surface area contributed by atoms with Crippen LogP contribution in [0.25, 0.3) is 6.08 Å². The first kappa shape index (κ1) is 28.7. The largest absolute Gasteiger partial charge is 0.490 e. The smallest absolute Gasteiger partial charge is 0.323 e. The predicted octanol–water partition coefficient (Wildman–Crippen LogP) is 3.52. The summed E-state index contributed by atoms with van der Waals surface area (Å²) in [6, 6.07) is 13.6. The molecule has 1 unspecified atom stereocenters. The first-order chi connectivity index (χ1) is 18.0. The molecule has 1 saturated heterocycles. The van der Waals surface area contributed by atoms with Gasteiger partial charge in [-0.2, -0.15) is 0 Å². The fourth-order valence-electron chi connectivity index (χ4n) is 4.31. The van der Waals surface area contributed by atoms with Crippen LogP contribution in [0.3, 0.4) is 0 Å². The van der Waals surface area contributed by atoms with Gasteiger partial charge in [0.15, 0.2) is 5.25 Å². The fourth-order valence-corrected chi connectivity index (χ4v) is 6.00. The number of carbonyl (C=O) groups is 1. The van der Waals surface area contributed by atoms with Gasteiger partial charge in [-0.15, -0.1) is 0 Å². The number of carboxylic acid groups (broad SMARTS) is 1. The zero-order valence-corrected chi connectivity index (χ0v) is 22.4. The van der Waals surface area contributed by atoms with Gasteiger partial charge in [-0.3, -0.25) is 19.9 Å². The lowest BCUT2D eigenvalue weighted by Crippen LogP contribution is -2.42. The number of sulfonamides is 1. The molecule has 0 aliphatic carbocycles. The number of likely N-dealkylation sites (tertiary alicyclic amines) is 1. The second-order valence-corrected chi connectivity index (χ2v) is 11.2. The molecule has 2 aromatic rings. The van der Waals surface area contributed by atoms with E-state index in [0.29, 0.717) is 22.8 Å². The lowest BCUT2D eigenvalue weighted by Gasteiger charge is -2.33. The highest BCUT2D eigenvalue weighted by molar-refractivity contribution is 7.94. The maximum absolute atomic E-state index is 13.4. The van der Waals surface area contributed by atoms with Crippen molar-refractivity contribution in [2.75, 3.05) is 23.9 Å². The van der Waals surface area contributed by atoms with Gasteiger partial charge in [-0.1, -0.05) is 37.3 Å². The number of carboxylic acids is 1. The average molecular weight is 542 g/mol. The van der Waals surface area contributed by atoms with Crippen LogP contribution in [0.4, 0.5) is 5.69 Å². The van der Waals surface area contributed by atoms with Crippen LogP contribution in [0.1, 0.15) is 44.2 Å². The second-order valence-electron chi connectivity index (χ2n) is 9.14.